The molecule has 2 rings (SSSR count). The van der Waals surface area contributed by atoms with Crippen molar-refractivity contribution in [3.8, 4) is 17.5 Å². The third-order valence-electron chi connectivity index (χ3n) is 2.14. The lowest BCUT2D eigenvalue weighted by atomic mass is 10.2. The standard InChI is InChI=1S/C10H6F3N5O/c11-5-1-6(15)7(2-8(5)19-10(12)13)18-4-16-9(3-14)17-18/h1-2,4,10H,15H2. The topological polar surface area (TPSA) is 89.8 Å². The van der Waals surface area contributed by atoms with Crippen molar-refractivity contribution in [3.63, 3.8) is 0 Å². The summed E-state index contributed by atoms with van der Waals surface area (Å²) in [7, 11) is 0. The first kappa shape index (κ1) is 12.7. The highest BCUT2D eigenvalue weighted by Crippen LogP contribution is 2.27. The number of hydrogen-bond donors (Lipinski definition) is 1. The van der Waals surface area contributed by atoms with Crippen LogP contribution in [0.4, 0.5) is 18.9 Å². The monoisotopic (exact) mass is 269 g/mol. The molecule has 98 valence electrons. The molecule has 6 nitrogen and oxygen atoms in total. The van der Waals surface area contributed by atoms with Gasteiger partial charge in [0.05, 0.1) is 11.4 Å². The van der Waals surface area contributed by atoms with E-state index in [1.807, 2.05) is 0 Å². The van der Waals surface area contributed by atoms with Crippen LogP contribution in [0.25, 0.3) is 5.69 Å². The van der Waals surface area contributed by atoms with Crippen LogP contribution in [0.1, 0.15) is 5.82 Å². The molecule has 0 bridgehead atoms. The molecule has 0 saturated heterocycles. The molecule has 0 fully saturated rings. The summed E-state index contributed by atoms with van der Waals surface area (Å²) in [6, 6.07) is 3.46. The van der Waals surface area contributed by atoms with E-state index in [4.69, 9.17) is 11.0 Å². The van der Waals surface area contributed by atoms with Gasteiger partial charge in [0, 0.05) is 12.1 Å². The second-order valence-corrected chi connectivity index (χ2v) is 3.34. The third-order valence-corrected chi connectivity index (χ3v) is 2.14. The van der Waals surface area contributed by atoms with E-state index in [0.29, 0.717) is 0 Å². The number of rotatable bonds is 3. The molecule has 0 aliphatic heterocycles. The number of nitriles is 1. The predicted molar refractivity (Wildman–Crippen MR) is 57.1 cm³/mol. The first-order chi connectivity index (χ1) is 9.01. The van der Waals surface area contributed by atoms with Crippen LogP contribution in [0.2, 0.25) is 0 Å². The van der Waals surface area contributed by atoms with E-state index in [1.165, 1.54) is 0 Å². The van der Waals surface area contributed by atoms with Crippen LogP contribution in [0.15, 0.2) is 18.5 Å². The fourth-order valence-electron chi connectivity index (χ4n) is 1.37. The molecule has 19 heavy (non-hydrogen) atoms. The van der Waals surface area contributed by atoms with Crippen molar-refractivity contribution in [2.45, 2.75) is 6.61 Å². The number of nitrogens with zero attached hydrogens (tertiary/aromatic N) is 4. The van der Waals surface area contributed by atoms with Gasteiger partial charge in [0.2, 0.25) is 0 Å². The molecule has 1 aromatic heterocycles. The van der Waals surface area contributed by atoms with Crippen molar-refractivity contribution in [2.75, 3.05) is 5.73 Å². The molecular weight excluding hydrogens is 263 g/mol. The Morgan fingerprint density at radius 3 is 2.74 bits per heavy atom. The van der Waals surface area contributed by atoms with Gasteiger partial charge in [0.15, 0.2) is 11.6 Å². The lowest BCUT2D eigenvalue weighted by molar-refractivity contribution is -0.0521. The maximum Gasteiger partial charge on any atom is 0.387 e. The normalized spacial score (nSPS) is 10.5. The lowest BCUT2D eigenvalue weighted by Gasteiger charge is -2.10. The highest BCUT2D eigenvalue weighted by Gasteiger charge is 2.15. The zero-order chi connectivity index (χ0) is 14.0. The van der Waals surface area contributed by atoms with Gasteiger partial charge >= 0.3 is 6.61 Å². The molecule has 0 amide bonds. The van der Waals surface area contributed by atoms with Crippen molar-refractivity contribution >= 4 is 5.69 Å². The van der Waals surface area contributed by atoms with Crippen molar-refractivity contribution in [2.24, 2.45) is 0 Å². The minimum absolute atomic E-state index is 0.0616. The summed E-state index contributed by atoms with van der Waals surface area (Å²) in [6.07, 6.45) is 1.15. The Labute approximate surface area is 104 Å². The number of hydrogen-bond acceptors (Lipinski definition) is 5. The molecular formula is C10H6F3N5O. The zero-order valence-corrected chi connectivity index (χ0v) is 9.22. The minimum atomic E-state index is -3.17. The number of alkyl halides is 2. The first-order valence-electron chi connectivity index (χ1n) is 4.87. The van der Waals surface area contributed by atoms with Crippen molar-refractivity contribution in [1.82, 2.24) is 14.8 Å². The van der Waals surface area contributed by atoms with Gasteiger partial charge in [0.25, 0.3) is 5.82 Å². The molecule has 0 radical (unpaired) electrons. The predicted octanol–water partition coefficient (Wildman–Crippen LogP) is 1.46. The van der Waals surface area contributed by atoms with Crippen molar-refractivity contribution in [3.05, 3.63) is 30.1 Å². The fraction of sp³-hybridized carbons (Fsp3) is 0.100. The van der Waals surface area contributed by atoms with Crippen LogP contribution < -0.4 is 10.5 Å². The number of anilines is 1. The average molecular weight is 269 g/mol. The highest BCUT2D eigenvalue weighted by molar-refractivity contribution is 5.60. The van der Waals surface area contributed by atoms with Crippen LogP contribution in [0.5, 0.6) is 5.75 Å². The maximum absolute atomic E-state index is 13.3. The number of benzene rings is 1. The Balaban J connectivity index is 2.48. The van der Waals surface area contributed by atoms with Gasteiger partial charge in [-0.15, -0.1) is 5.10 Å². The molecule has 0 saturated carbocycles. The van der Waals surface area contributed by atoms with Gasteiger partial charge in [0.1, 0.15) is 12.4 Å². The number of aromatic nitrogens is 3. The van der Waals surface area contributed by atoms with Crippen LogP contribution in [0, 0.1) is 17.1 Å². The van der Waals surface area contributed by atoms with Crippen LogP contribution >= 0.6 is 0 Å². The Bertz CT molecular complexity index is 649. The van der Waals surface area contributed by atoms with E-state index in [-0.39, 0.29) is 17.2 Å². The lowest BCUT2D eigenvalue weighted by Crippen LogP contribution is -2.07. The smallest absolute Gasteiger partial charge is 0.387 e. The number of halogens is 3. The summed E-state index contributed by atoms with van der Waals surface area (Å²) >= 11 is 0. The average Bonchev–Trinajstić information content (AvgIpc) is 2.80. The zero-order valence-electron chi connectivity index (χ0n) is 9.22. The summed E-state index contributed by atoms with van der Waals surface area (Å²) in [5.74, 6) is -1.84. The fourth-order valence-corrected chi connectivity index (χ4v) is 1.37. The summed E-state index contributed by atoms with van der Waals surface area (Å²) in [5.41, 5.74) is 5.56. The van der Waals surface area contributed by atoms with Gasteiger partial charge in [-0.1, -0.05) is 0 Å². The van der Waals surface area contributed by atoms with Crippen LogP contribution in [0.3, 0.4) is 0 Å². The molecule has 0 unspecified atom stereocenters. The number of nitrogen functional groups attached to an aromatic ring is 1. The van der Waals surface area contributed by atoms with Crippen LogP contribution in [-0.4, -0.2) is 21.4 Å². The first-order valence-corrected chi connectivity index (χ1v) is 4.87. The van der Waals surface area contributed by atoms with Gasteiger partial charge in [-0.3, -0.25) is 0 Å². The highest BCUT2D eigenvalue weighted by atomic mass is 19.3. The molecule has 1 aromatic carbocycles. The Kier molecular flexibility index (Phi) is 3.24. The minimum Gasteiger partial charge on any atom is -0.432 e. The molecule has 0 aliphatic rings. The molecule has 9 heteroatoms. The van der Waals surface area contributed by atoms with Gasteiger partial charge < -0.3 is 10.5 Å². The van der Waals surface area contributed by atoms with Crippen molar-refractivity contribution < 1.29 is 17.9 Å². The summed E-state index contributed by atoms with van der Waals surface area (Å²) in [5, 5.41) is 12.3. The van der Waals surface area contributed by atoms with Gasteiger partial charge in [-0.05, 0) is 0 Å². The maximum atomic E-state index is 13.3. The van der Waals surface area contributed by atoms with Gasteiger partial charge in [-0.25, -0.2) is 14.1 Å². The third kappa shape index (κ3) is 2.57. The Hall–Kier alpha value is -2.76. The van der Waals surface area contributed by atoms with E-state index in [9.17, 15) is 13.2 Å². The number of nitrogens with two attached hydrogens (primary N) is 1. The molecule has 0 spiro atoms. The largest absolute Gasteiger partial charge is 0.432 e. The van der Waals surface area contributed by atoms with Gasteiger partial charge in [-0.2, -0.15) is 14.0 Å². The second kappa shape index (κ2) is 4.85. The Morgan fingerprint density at radius 1 is 1.42 bits per heavy atom. The van der Waals surface area contributed by atoms with E-state index < -0.39 is 18.2 Å². The molecule has 2 aromatic rings. The van der Waals surface area contributed by atoms with Crippen molar-refractivity contribution in [1.29, 1.82) is 5.26 Å². The summed E-state index contributed by atoms with van der Waals surface area (Å²) in [6.45, 7) is -3.17. The van der Waals surface area contributed by atoms with E-state index in [1.54, 1.807) is 6.07 Å². The quantitative estimate of drug-likeness (QED) is 0.852. The number of ether oxygens (including phenoxy) is 1. The van der Waals surface area contributed by atoms with Crippen LogP contribution in [-0.2, 0) is 0 Å². The molecule has 2 N–H and O–H groups in total. The Morgan fingerprint density at radius 2 is 2.16 bits per heavy atom. The summed E-state index contributed by atoms with van der Waals surface area (Å²) < 4.78 is 42.6. The molecule has 1 heterocycles. The molecule has 0 aliphatic carbocycles. The molecule has 0 atom stereocenters. The summed E-state index contributed by atoms with van der Waals surface area (Å²) in [4.78, 5) is 3.62. The van der Waals surface area contributed by atoms with E-state index in [0.717, 1.165) is 23.1 Å². The SMILES string of the molecule is N#Cc1ncn(-c2cc(OC(F)F)c(F)cc2N)n1. The van der Waals surface area contributed by atoms with E-state index in [2.05, 4.69) is 14.8 Å². The van der Waals surface area contributed by atoms with E-state index >= 15 is 0 Å². The second-order valence-electron chi connectivity index (χ2n) is 3.34.